The molecule has 0 bridgehead atoms. The van der Waals surface area contributed by atoms with E-state index in [0.29, 0.717) is 5.92 Å². The van der Waals surface area contributed by atoms with Crippen molar-refractivity contribution in [1.29, 1.82) is 0 Å². The van der Waals surface area contributed by atoms with Crippen LogP contribution >= 0.6 is 0 Å². The highest BCUT2D eigenvalue weighted by atomic mass is 14.9. The van der Waals surface area contributed by atoms with Crippen molar-refractivity contribution in [2.24, 2.45) is 5.92 Å². The van der Waals surface area contributed by atoms with Crippen LogP contribution in [-0.2, 0) is 6.42 Å². The number of rotatable bonds is 9. The van der Waals surface area contributed by atoms with Crippen LogP contribution in [0.2, 0.25) is 0 Å². The molecule has 1 heterocycles. The maximum atomic E-state index is 4.59. The van der Waals surface area contributed by atoms with E-state index >= 15 is 0 Å². The van der Waals surface area contributed by atoms with E-state index in [0.717, 1.165) is 18.2 Å². The Morgan fingerprint density at radius 2 is 1.50 bits per heavy atom. The van der Waals surface area contributed by atoms with Crippen LogP contribution in [0.1, 0.15) is 102 Å². The summed E-state index contributed by atoms with van der Waals surface area (Å²) >= 11 is 0. The lowest BCUT2D eigenvalue weighted by atomic mass is 9.77. The van der Waals surface area contributed by atoms with Gasteiger partial charge in [0.25, 0.3) is 0 Å². The van der Waals surface area contributed by atoms with Crippen molar-refractivity contribution in [2.75, 3.05) is 0 Å². The van der Waals surface area contributed by atoms with Crippen molar-refractivity contribution < 1.29 is 0 Å². The topological polar surface area (TPSA) is 25.8 Å². The fraction of sp³-hybridized carbons (Fsp3) is 0.800. The summed E-state index contributed by atoms with van der Waals surface area (Å²) in [5.41, 5.74) is 1.38. The predicted octanol–water partition coefficient (Wildman–Crippen LogP) is 6.06. The van der Waals surface area contributed by atoms with E-state index in [1.807, 2.05) is 0 Å². The molecule has 22 heavy (non-hydrogen) atoms. The molecule has 2 nitrogen and oxygen atoms in total. The number of hydrogen-bond donors (Lipinski definition) is 0. The lowest BCUT2D eigenvalue weighted by Gasteiger charge is -2.28. The monoisotopic (exact) mass is 302 g/mol. The van der Waals surface area contributed by atoms with Crippen molar-refractivity contribution >= 4 is 0 Å². The molecular formula is C20H34N2. The number of unbranched alkanes of at least 4 members (excludes halogenated alkanes) is 4. The zero-order chi connectivity index (χ0) is 15.6. The second-order valence-electron chi connectivity index (χ2n) is 7.10. The summed E-state index contributed by atoms with van der Waals surface area (Å²) in [6.07, 6.45) is 20.2. The fourth-order valence-corrected chi connectivity index (χ4v) is 3.71. The minimum atomic E-state index is 0.715. The van der Waals surface area contributed by atoms with E-state index in [-0.39, 0.29) is 0 Å². The van der Waals surface area contributed by atoms with Gasteiger partial charge in [0, 0.05) is 18.8 Å². The maximum Gasteiger partial charge on any atom is 0.128 e. The van der Waals surface area contributed by atoms with E-state index in [1.165, 1.54) is 76.2 Å². The van der Waals surface area contributed by atoms with Gasteiger partial charge in [0.05, 0.1) is 0 Å². The molecule has 0 aromatic carbocycles. The van der Waals surface area contributed by atoms with Gasteiger partial charge < -0.3 is 0 Å². The SMILES string of the molecule is CCCCCc1ncc([C@H]2CC[C@H](CCCCC)CC2)cn1. The van der Waals surface area contributed by atoms with Crippen LogP contribution in [0.5, 0.6) is 0 Å². The molecule has 0 saturated heterocycles. The second kappa shape index (κ2) is 9.97. The summed E-state index contributed by atoms with van der Waals surface area (Å²) < 4.78 is 0. The largest absolute Gasteiger partial charge is 0.241 e. The van der Waals surface area contributed by atoms with Crippen LogP contribution in [0.3, 0.4) is 0 Å². The van der Waals surface area contributed by atoms with Crippen molar-refractivity contribution in [2.45, 2.75) is 96.8 Å². The number of aromatic nitrogens is 2. The first-order chi connectivity index (χ1) is 10.8. The maximum absolute atomic E-state index is 4.59. The first-order valence-corrected chi connectivity index (χ1v) is 9.64. The average molecular weight is 303 g/mol. The van der Waals surface area contributed by atoms with Crippen LogP contribution in [0, 0.1) is 5.92 Å². The Morgan fingerprint density at radius 1 is 0.864 bits per heavy atom. The molecule has 1 aliphatic carbocycles. The Labute approximate surface area is 137 Å². The van der Waals surface area contributed by atoms with Crippen LogP contribution in [0.15, 0.2) is 12.4 Å². The van der Waals surface area contributed by atoms with Gasteiger partial charge in [-0.15, -0.1) is 0 Å². The highest BCUT2D eigenvalue weighted by Gasteiger charge is 2.22. The molecule has 0 radical (unpaired) electrons. The van der Waals surface area contributed by atoms with E-state index in [9.17, 15) is 0 Å². The zero-order valence-corrected chi connectivity index (χ0v) is 14.7. The molecule has 0 aliphatic heterocycles. The van der Waals surface area contributed by atoms with Gasteiger partial charge in [-0.3, -0.25) is 0 Å². The standard InChI is InChI=1S/C20H34N2/c1-3-5-7-9-17-11-13-18(14-12-17)19-15-21-20(22-16-19)10-8-6-4-2/h15-18H,3-14H2,1-2H3/t17-,18-. The van der Waals surface area contributed by atoms with Gasteiger partial charge in [0.15, 0.2) is 0 Å². The molecule has 1 aliphatic rings. The fourth-order valence-electron chi connectivity index (χ4n) is 3.71. The Balaban J connectivity index is 1.74. The Hall–Kier alpha value is -0.920. The number of nitrogens with zero attached hydrogens (tertiary/aromatic N) is 2. The van der Waals surface area contributed by atoms with Crippen LogP contribution in [0.4, 0.5) is 0 Å². The summed E-state index contributed by atoms with van der Waals surface area (Å²) in [7, 11) is 0. The molecule has 2 heteroatoms. The smallest absolute Gasteiger partial charge is 0.128 e. The summed E-state index contributed by atoms with van der Waals surface area (Å²) in [5, 5.41) is 0. The molecule has 124 valence electrons. The molecule has 0 atom stereocenters. The Bertz CT molecular complexity index is 391. The minimum absolute atomic E-state index is 0.715. The second-order valence-corrected chi connectivity index (χ2v) is 7.10. The van der Waals surface area contributed by atoms with E-state index in [1.54, 1.807) is 0 Å². The van der Waals surface area contributed by atoms with Crippen LogP contribution in [0.25, 0.3) is 0 Å². The van der Waals surface area contributed by atoms with Gasteiger partial charge in [-0.25, -0.2) is 9.97 Å². The van der Waals surface area contributed by atoms with Crippen molar-refractivity contribution in [3.63, 3.8) is 0 Å². The molecule has 1 saturated carbocycles. The van der Waals surface area contributed by atoms with Gasteiger partial charge in [-0.05, 0) is 49.5 Å². The molecule has 1 aromatic rings. The normalized spacial score (nSPS) is 21.9. The molecule has 2 rings (SSSR count). The highest BCUT2D eigenvalue weighted by molar-refractivity contribution is 5.12. The van der Waals surface area contributed by atoms with Crippen molar-refractivity contribution in [1.82, 2.24) is 9.97 Å². The van der Waals surface area contributed by atoms with Gasteiger partial charge in [0.1, 0.15) is 5.82 Å². The van der Waals surface area contributed by atoms with E-state index < -0.39 is 0 Å². The van der Waals surface area contributed by atoms with Crippen molar-refractivity contribution in [3.8, 4) is 0 Å². The van der Waals surface area contributed by atoms with Gasteiger partial charge >= 0.3 is 0 Å². The molecule has 0 unspecified atom stereocenters. The first kappa shape index (κ1) is 17.4. The lowest BCUT2D eigenvalue weighted by Crippen LogP contribution is -2.14. The van der Waals surface area contributed by atoms with Crippen LogP contribution in [-0.4, -0.2) is 9.97 Å². The zero-order valence-electron chi connectivity index (χ0n) is 14.7. The van der Waals surface area contributed by atoms with Crippen molar-refractivity contribution in [3.05, 3.63) is 23.8 Å². The Kier molecular flexibility index (Phi) is 7.90. The third-order valence-electron chi connectivity index (χ3n) is 5.26. The van der Waals surface area contributed by atoms with Gasteiger partial charge in [-0.1, -0.05) is 52.4 Å². The third-order valence-corrected chi connectivity index (χ3v) is 5.26. The van der Waals surface area contributed by atoms with Gasteiger partial charge in [-0.2, -0.15) is 0 Å². The molecule has 1 fully saturated rings. The summed E-state index contributed by atoms with van der Waals surface area (Å²) in [6, 6.07) is 0. The lowest BCUT2D eigenvalue weighted by molar-refractivity contribution is 0.302. The quantitative estimate of drug-likeness (QED) is 0.518. The minimum Gasteiger partial charge on any atom is -0.241 e. The molecule has 0 N–H and O–H groups in total. The predicted molar refractivity (Wildman–Crippen MR) is 94.1 cm³/mol. The van der Waals surface area contributed by atoms with E-state index in [2.05, 4.69) is 36.2 Å². The number of hydrogen-bond acceptors (Lipinski definition) is 2. The highest BCUT2D eigenvalue weighted by Crippen LogP contribution is 2.37. The Morgan fingerprint density at radius 3 is 2.14 bits per heavy atom. The molecule has 0 amide bonds. The summed E-state index contributed by atoms with van der Waals surface area (Å²) in [5.74, 6) is 2.73. The summed E-state index contributed by atoms with van der Waals surface area (Å²) in [4.78, 5) is 9.19. The molecule has 0 spiro atoms. The van der Waals surface area contributed by atoms with E-state index in [4.69, 9.17) is 0 Å². The van der Waals surface area contributed by atoms with Crippen LogP contribution < -0.4 is 0 Å². The van der Waals surface area contributed by atoms with Gasteiger partial charge in [0.2, 0.25) is 0 Å². The molecular weight excluding hydrogens is 268 g/mol. The number of aryl methyl sites for hydroxylation is 1. The first-order valence-electron chi connectivity index (χ1n) is 9.64. The summed E-state index contributed by atoms with van der Waals surface area (Å²) in [6.45, 7) is 4.53. The molecule has 1 aromatic heterocycles. The average Bonchev–Trinajstić information content (AvgIpc) is 2.57. The third kappa shape index (κ3) is 5.70.